The first-order chi connectivity index (χ1) is 8.72. The SMILES string of the molecule is CCOc1ccc(C(N)C2C3CCCC32)c(Br)c1. The Labute approximate surface area is 117 Å². The van der Waals surface area contributed by atoms with Crippen molar-refractivity contribution in [3.05, 3.63) is 28.2 Å². The summed E-state index contributed by atoms with van der Waals surface area (Å²) in [6.45, 7) is 2.70. The molecule has 0 amide bonds. The van der Waals surface area contributed by atoms with Crippen LogP contribution in [0, 0.1) is 17.8 Å². The zero-order valence-electron chi connectivity index (χ0n) is 10.7. The van der Waals surface area contributed by atoms with Crippen LogP contribution in [0.1, 0.15) is 37.8 Å². The fourth-order valence-electron chi connectivity index (χ4n) is 3.65. The fourth-order valence-corrected chi connectivity index (χ4v) is 4.27. The minimum absolute atomic E-state index is 0.186. The molecule has 0 aromatic heterocycles. The highest BCUT2D eigenvalue weighted by atomic mass is 79.9. The van der Waals surface area contributed by atoms with E-state index in [1.165, 1.54) is 24.8 Å². The molecule has 0 heterocycles. The van der Waals surface area contributed by atoms with Gasteiger partial charge in [-0.05, 0) is 55.2 Å². The number of rotatable bonds is 4. The van der Waals surface area contributed by atoms with E-state index < -0.39 is 0 Å². The van der Waals surface area contributed by atoms with Crippen LogP contribution in [0.4, 0.5) is 0 Å². The third-order valence-corrected chi connectivity index (χ3v) is 5.22. The molecule has 1 aromatic carbocycles. The monoisotopic (exact) mass is 309 g/mol. The molecule has 2 saturated carbocycles. The van der Waals surface area contributed by atoms with Gasteiger partial charge >= 0.3 is 0 Å². The maximum absolute atomic E-state index is 6.44. The predicted molar refractivity (Wildman–Crippen MR) is 76.6 cm³/mol. The van der Waals surface area contributed by atoms with Gasteiger partial charge in [-0.25, -0.2) is 0 Å². The van der Waals surface area contributed by atoms with Crippen molar-refractivity contribution < 1.29 is 4.74 Å². The smallest absolute Gasteiger partial charge is 0.120 e. The number of hydrogen-bond acceptors (Lipinski definition) is 2. The lowest BCUT2D eigenvalue weighted by molar-refractivity contribution is 0.339. The van der Waals surface area contributed by atoms with E-state index in [0.717, 1.165) is 22.1 Å². The molecule has 0 radical (unpaired) electrons. The quantitative estimate of drug-likeness (QED) is 0.915. The molecule has 3 rings (SSSR count). The minimum atomic E-state index is 0.186. The van der Waals surface area contributed by atoms with Crippen LogP contribution in [0.2, 0.25) is 0 Å². The van der Waals surface area contributed by atoms with Gasteiger partial charge in [-0.1, -0.05) is 28.4 Å². The Balaban J connectivity index is 1.76. The molecular formula is C15H20BrNO. The second-order valence-electron chi connectivity index (χ2n) is 5.48. The molecule has 3 heteroatoms. The number of fused-ring (bicyclic) bond motifs is 1. The topological polar surface area (TPSA) is 35.2 Å². The van der Waals surface area contributed by atoms with Gasteiger partial charge in [-0.15, -0.1) is 0 Å². The Bertz CT molecular complexity index is 438. The first kappa shape index (κ1) is 12.5. The summed E-state index contributed by atoms with van der Waals surface area (Å²) >= 11 is 3.63. The molecule has 18 heavy (non-hydrogen) atoms. The average molecular weight is 310 g/mol. The van der Waals surface area contributed by atoms with Gasteiger partial charge in [-0.3, -0.25) is 0 Å². The second kappa shape index (κ2) is 4.86. The minimum Gasteiger partial charge on any atom is -0.494 e. The lowest BCUT2D eigenvalue weighted by Gasteiger charge is -2.16. The Morgan fingerprint density at radius 1 is 1.39 bits per heavy atom. The highest BCUT2D eigenvalue weighted by Crippen LogP contribution is 2.61. The fraction of sp³-hybridized carbons (Fsp3) is 0.600. The summed E-state index contributed by atoms with van der Waals surface area (Å²) in [7, 11) is 0. The molecule has 2 nitrogen and oxygen atoms in total. The lowest BCUT2D eigenvalue weighted by atomic mass is 9.98. The van der Waals surface area contributed by atoms with Gasteiger partial charge in [0.25, 0.3) is 0 Å². The van der Waals surface area contributed by atoms with Crippen LogP contribution in [-0.2, 0) is 0 Å². The van der Waals surface area contributed by atoms with Gasteiger partial charge in [0, 0.05) is 10.5 Å². The molecule has 2 fully saturated rings. The molecule has 1 aromatic rings. The van der Waals surface area contributed by atoms with E-state index in [-0.39, 0.29) is 6.04 Å². The third-order valence-electron chi connectivity index (χ3n) is 4.53. The van der Waals surface area contributed by atoms with Gasteiger partial charge in [0.15, 0.2) is 0 Å². The first-order valence-electron chi connectivity index (χ1n) is 6.90. The van der Waals surface area contributed by atoms with Gasteiger partial charge in [0.2, 0.25) is 0 Å². The molecule has 3 unspecified atom stereocenters. The summed E-state index contributed by atoms with van der Waals surface area (Å²) in [5.41, 5.74) is 7.68. The average Bonchev–Trinajstić information content (AvgIpc) is 2.82. The van der Waals surface area contributed by atoms with Crippen LogP contribution >= 0.6 is 15.9 Å². The van der Waals surface area contributed by atoms with Crippen molar-refractivity contribution in [3.8, 4) is 5.75 Å². The van der Waals surface area contributed by atoms with Crippen LogP contribution in [0.15, 0.2) is 22.7 Å². The van der Waals surface area contributed by atoms with Gasteiger partial charge < -0.3 is 10.5 Å². The normalized spacial score (nSPS) is 30.9. The van der Waals surface area contributed by atoms with Crippen LogP contribution < -0.4 is 10.5 Å². The van der Waals surface area contributed by atoms with Crippen LogP contribution in [0.25, 0.3) is 0 Å². The van der Waals surface area contributed by atoms with Crippen molar-refractivity contribution in [2.24, 2.45) is 23.5 Å². The van der Waals surface area contributed by atoms with E-state index in [4.69, 9.17) is 10.5 Å². The Kier molecular flexibility index (Phi) is 3.37. The van der Waals surface area contributed by atoms with Crippen LogP contribution in [0.3, 0.4) is 0 Å². The van der Waals surface area contributed by atoms with E-state index in [9.17, 15) is 0 Å². The van der Waals surface area contributed by atoms with Gasteiger partial charge in [-0.2, -0.15) is 0 Å². The summed E-state index contributed by atoms with van der Waals surface area (Å²) in [5.74, 6) is 3.43. The van der Waals surface area contributed by atoms with Crippen molar-refractivity contribution in [1.29, 1.82) is 0 Å². The Hall–Kier alpha value is -0.540. The molecular weight excluding hydrogens is 290 g/mol. The van der Waals surface area contributed by atoms with Crippen molar-refractivity contribution in [1.82, 2.24) is 0 Å². The molecule has 2 N–H and O–H groups in total. The zero-order chi connectivity index (χ0) is 12.7. The van der Waals surface area contributed by atoms with E-state index in [0.29, 0.717) is 12.5 Å². The predicted octanol–water partition coefficient (Wildman–Crippen LogP) is 3.89. The number of halogens is 1. The molecule has 2 aliphatic rings. The van der Waals surface area contributed by atoms with Crippen molar-refractivity contribution in [2.75, 3.05) is 6.61 Å². The number of hydrogen-bond donors (Lipinski definition) is 1. The van der Waals surface area contributed by atoms with Crippen LogP contribution in [0.5, 0.6) is 5.75 Å². The molecule has 98 valence electrons. The number of nitrogens with two attached hydrogens (primary N) is 1. The van der Waals surface area contributed by atoms with Crippen molar-refractivity contribution >= 4 is 15.9 Å². The highest BCUT2D eigenvalue weighted by molar-refractivity contribution is 9.10. The van der Waals surface area contributed by atoms with E-state index >= 15 is 0 Å². The van der Waals surface area contributed by atoms with E-state index in [1.54, 1.807) is 0 Å². The number of ether oxygens (including phenoxy) is 1. The summed E-state index contributed by atoms with van der Waals surface area (Å²) in [6.07, 6.45) is 4.18. The van der Waals surface area contributed by atoms with Crippen molar-refractivity contribution in [2.45, 2.75) is 32.2 Å². The van der Waals surface area contributed by atoms with Gasteiger partial charge in [0.05, 0.1) is 6.61 Å². The molecule has 2 aliphatic carbocycles. The first-order valence-corrected chi connectivity index (χ1v) is 7.69. The van der Waals surface area contributed by atoms with Crippen LogP contribution in [-0.4, -0.2) is 6.61 Å². The molecule has 0 spiro atoms. The standard InChI is InChI=1S/C15H20BrNO/c1-2-18-9-6-7-12(13(16)8-9)15(17)14-10-4-3-5-11(10)14/h6-8,10-11,14-15H,2-5,17H2,1H3. The Morgan fingerprint density at radius 2 is 2.11 bits per heavy atom. The summed E-state index contributed by atoms with van der Waals surface area (Å²) in [5, 5.41) is 0. The highest BCUT2D eigenvalue weighted by Gasteiger charge is 2.55. The molecule has 0 bridgehead atoms. The largest absolute Gasteiger partial charge is 0.494 e. The Morgan fingerprint density at radius 3 is 2.72 bits per heavy atom. The molecule has 0 aliphatic heterocycles. The zero-order valence-corrected chi connectivity index (χ0v) is 12.3. The third kappa shape index (κ3) is 2.08. The van der Waals surface area contributed by atoms with Crippen molar-refractivity contribution in [3.63, 3.8) is 0 Å². The molecule has 3 atom stereocenters. The lowest BCUT2D eigenvalue weighted by Crippen LogP contribution is -2.16. The second-order valence-corrected chi connectivity index (χ2v) is 6.33. The maximum Gasteiger partial charge on any atom is 0.120 e. The van der Waals surface area contributed by atoms with E-state index in [1.807, 2.05) is 19.1 Å². The summed E-state index contributed by atoms with van der Waals surface area (Å²) in [4.78, 5) is 0. The van der Waals surface area contributed by atoms with Gasteiger partial charge in [0.1, 0.15) is 5.75 Å². The summed E-state index contributed by atoms with van der Waals surface area (Å²) < 4.78 is 6.59. The van der Waals surface area contributed by atoms with E-state index in [2.05, 4.69) is 22.0 Å². The summed E-state index contributed by atoms with van der Waals surface area (Å²) in [6, 6.07) is 6.37. The number of benzene rings is 1. The maximum atomic E-state index is 6.44. The molecule has 0 saturated heterocycles.